The van der Waals surface area contributed by atoms with Crippen LogP contribution in [0.5, 0.6) is 11.5 Å². The van der Waals surface area contributed by atoms with E-state index in [1.807, 2.05) is 60.7 Å². The number of methoxy groups -OCH3 is 1. The van der Waals surface area contributed by atoms with Crippen LogP contribution in [-0.2, 0) is 6.61 Å². The molecular weight excluding hydrogens is 252 g/mol. The molecule has 0 spiro atoms. The predicted molar refractivity (Wildman–Crippen MR) is 79.9 cm³/mol. The molecule has 0 heterocycles. The maximum Gasteiger partial charge on any atom is 0.167 e. The maximum atomic E-state index is 9.32. The van der Waals surface area contributed by atoms with Gasteiger partial charge in [0.1, 0.15) is 6.61 Å². The van der Waals surface area contributed by atoms with E-state index < -0.39 is 0 Å². The summed E-state index contributed by atoms with van der Waals surface area (Å²) in [7, 11) is 1.59. The molecule has 2 aromatic rings. The molecule has 0 bridgehead atoms. The van der Waals surface area contributed by atoms with Gasteiger partial charge in [-0.1, -0.05) is 48.5 Å². The summed E-state index contributed by atoms with van der Waals surface area (Å²) in [5.41, 5.74) is 1.84. The Balaban J connectivity index is 2.02. The second-order valence-corrected chi connectivity index (χ2v) is 4.23. The van der Waals surface area contributed by atoms with Crippen LogP contribution in [0, 0.1) is 0 Å². The fourth-order valence-electron chi connectivity index (χ4n) is 1.89. The Hall–Kier alpha value is -2.26. The molecule has 0 saturated carbocycles. The Morgan fingerprint density at radius 3 is 2.55 bits per heavy atom. The van der Waals surface area contributed by atoms with E-state index in [1.165, 1.54) is 0 Å². The molecule has 0 radical (unpaired) electrons. The van der Waals surface area contributed by atoms with Crippen molar-refractivity contribution in [2.45, 2.75) is 6.61 Å². The lowest BCUT2D eigenvalue weighted by atomic mass is 10.2. The molecule has 0 aliphatic carbocycles. The Kier molecular flexibility index (Phi) is 5.21. The van der Waals surface area contributed by atoms with Crippen LogP contribution < -0.4 is 9.47 Å². The van der Waals surface area contributed by atoms with Crippen LogP contribution in [0.1, 0.15) is 11.1 Å². The van der Waals surface area contributed by atoms with Crippen LogP contribution in [0.2, 0.25) is 0 Å². The van der Waals surface area contributed by atoms with Crippen molar-refractivity contribution >= 4 is 6.08 Å². The molecule has 0 amide bonds. The van der Waals surface area contributed by atoms with Gasteiger partial charge >= 0.3 is 0 Å². The van der Waals surface area contributed by atoms with Gasteiger partial charge in [-0.15, -0.1) is 0 Å². The molecule has 2 aromatic carbocycles. The van der Waals surface area contributed by atoms with Crippen LogP contribution in [0.15, 0.2) is 54.6 Å². The zero-order chi connectivity index (χ0) is 14.2. The summed E-state index contributed by atoms with van der Waals surface area (Å²) in [6, 6.07) is 15.5. The van der Waals surface area contributed by atoms with E-state index in [2.05, 4.69) is 0 Å². The van der Waals surface area contributed by atoms with Crippen molar-refractivity contribution < 1.29 is 14.6 Å². The molecule has 0 aromatic heterocycles. The standard InChI is InChI=1S/C17H18O3/c1-19-16-11-5-10-15(13-18)17(16)20-12-6-9-14-7-3-2-4-8-14/h2-11,18H,12-13H2,1H3/b9-6+. The van der Waals surface area contributed by atoms with E-state index in [0.717, 1.165) is 11.1 Å². The van der Waals surface area contributed by atoms with Gasteiger partial charge in [-0.3, -0.25) is 0 Å². The van der Waals surface area contributed by atoms with E-state index in [9.17, 15) is 5.11 Å². The first-order chi connectivity index (χ1) is 9.85. The Morgan fingerprint density at radius 1 is 1.05 bits per heavy atom. The third-order valence-corrected chi connectivity index (χ3v) is 2.88. The van der Waals surface area contributed by atoms with Crippen LogP contribution in [-0.4, -0.2) is 18.8 Å². The van der Waals surface area contributed by atoms with Crippen LogP contribution >= 0.6 is 0 Å². The third-order valence-electron chi connectivity index (χ3n) is 2.88. The highest BCUT2D eigenvalue weighted by molar-refractivity contribution is 5.49. The molecule has 3 heteroatoms. The second kappa shape index (κ2) is 7.36. The van der Waals surface area contributed by atoms with Gasteiger partial charge in [0.25, 0.3) is 0 Å². The maximum absolute atomic E-state index is 9.32. The fraction of sp³-hybridized carbons (Fsp3) is 0.176. The topological polar surface area (TPSA) is 38.7 Å². The molecule has 0 aliphatic heterocycles. The molecule has 0 saturated heterocycles. The largest absolute Gasteiger partial charge is 0.493 e. The highest BCUT2D eigenvalue weighted by atomic mass is 16.5. The van der Waals surface area contributed by atoms with Gasteiger partial charge in [0.2, 0.25) is 0 Å². The third kappa shape index (κ3) is 3.62. The first-order valence-electron chi connectivity index (χ1n) is 6.46. The second-order valence-electron chi connectivity index (χ2n) is 4.23. The molecule has 0 aliphatic rings. The minimum atomic E-state index is -0.0745. The highest BCUT2D eigenvalue weighted by Crippen LogP contribution is 2.31. The fourth-order valence-corrected chi connectivity index (χ4v) is 1.89. The lowest BCUT2D eigenvalue weighted by Crippen LogP contribution is -2.00. The van der Waals surface area contributed by atoms with E-state index in [0.29, 0.717) is 18.1 Å². The molecular formula is C17H18O3. The molecule has 0 fully saturated rings. The van der Waals surface area contributed by atoms with Crippen LogP contribution in [0.25, 0.3) is 6.08 Å². The van der Waals surface area contributed by atoms with Crippen molar-refractivity contribution in [3.63, 3.8) is 0 Å². The summed E-state index contributed by atoms with van der Waals surface area (Å²) in [6.07, 6.45) is 3.93. The average molecular weight is 270 g/mol. The van der Waals surface area contributed by atoms with E-state index >= 15 is 0 Å². The number of aliphatic hydroxyl groups is 1. The lowest BCUT2D eigenvalue weighted by molar-refractivity contribution is 0.264. The molecule has 3 nitrogen and oxygen atoms in total. The Bertz CT molecular complexity index is 539. The molecule has 0 atom stereocenters. The summed E-state index contributed by atoms with van der Waals surface area (Å²) in [6.45, 7) is 0.344. The SMILES string of the molecule is COc1cccc(CO)c1OC/C=C/c1ccccc1. The smallest absolute Gasteiger partial charge is 0.167 e. The number of ether oxygens (including phenoxy) is 2. The summed E-state index contributed by atoms with van der Waals surface area (Å²) in [4.78, 5) is 0. The van der Waals surface area contributed by atoms with Crippen molar-refractivity contribution in [3.8, 4) is 11.5 Å². The van der Waals surface area contributed by atoms with Gasteiger partial charge in [-0.2, -0.15) is 0 Å². The minimum Gasteiger partial charge on any atom is -0.493 e. The first-order valence-corrected chi connectivity index (χ1v) is 6.46. The lowest BCUT2D eigenvalue weighted by Gasteiger charge is -2.12. The Labute approximate surface area is 119 Å². The average Bonchev–Trinajstić information content (AvgIpc) is 2.52. The molecule has 2 rings (SSSR count). The molecule has 0 unspecified atom stereocenters. The monoisotopic (exact) mass is 270 g/mol. The van der Waals surface area contributed by atoms with Gasteiger partial charge in [0, 0.05) is 5.56 Å². The summed E-state index contributed by atoms with van der Waals surface area (Å²) in [5.74, 6) is 1.22. The van der Waals surface area contributed by atoms with Gasteiger partial charge < -0.3 is 14.6 Å². The number of rotatable bonds is 6. The zero-order valence-electron chi connectivity index (χ0n) is 11.5. The quantitative estimate of drug-likeness (QED) is 0.875. The Morgan fingerprint density at radius 2 is 1.85 bits per heavy atom. The van der Waals surface area contributed by atoms with Crippen molar-refractivity contribution in [3.05, 3.63) is 65.7 Å². The van der Waals surface area contributed by atoms with Crippen molar-refractivity contribution in [2.75, 3.05) is 13.7 Å². The summed E-state index contributed by atoms with van der Waals surface area (Å²) >= 11 is 0. The van der Waals surface area contributed by atoms with Crippen LogP contribution in [0.4, 0.5) is 0 Å². The number of aliphatic hydroxyl groups excluding tert-OH is 1. The van der Waals surface area contributed by atoms with Crippen molar-refractivity contribution in [2.24, 2.45) is 0 Å². The van der Waals surface area contributed by atoms with E-state index in [4.69, 9.17) is 9.47 Å². The highest BCUT2D eigenvalue weighted by Gasteiger charge is 2.08. The van der Waals surface area contributed by atoms with Crippen molar-refractivity contribution in [1.29, 1.82) is 0 Å². The van der Waals surface area contributed by atoms with Gasteiger partial charge in [0.05, 0.1) is 13.7 Å². The molecule has 104 valence electrons. The normalized spacial score (nSPS) is 10.7. The summed E-state index contributed by atoms with van der Waals surface area (Å²) in [5, 5.41) is 9.32. The molecule has 20 heavy (non-hydrogen) atoms. The van der Waals surface area contributed by atoms with E-state index in [1.54, 1.807) is 7.11 Å². The number of hydrogen-bond acceptors (Lipinski definition) is 3. The number of benzene rings is 2. The number of para-hydroxylation sites is 1. The zero-order valence-corrected chi connectivity index (χ0v) is 11.5. The van der Waals surface area contributed by atoms with Crippen LogP contribution in [0.3, 0.4) is 0 Å². The molecule has 1 N–H and O–H groups in total. The number of hydrogen-bond donors (Lipinski definition) is 1. The van der Waals surface area contributed by atoms with Gasteiger partial charge in [-0.25, -0.2) is 0 Å². The van der Waals surface area contributed by atoms with Crippen molar-refractivity contribution in [1.82, 2.24) is 0 Å². The minimum absolute atomic E-state index is 0.0745. The van der Waals surface area contributed by atoms with E-state index in [-0.39, 0.29) is 6.61 Å². The van der Waals surface area contributed by atoms with Gasteiger partial charge in [0.15, 0.2) is 11.5 Å². The summed E-state index contributed by atoms with van der Waals surface area (Å²) < 4.78 is 10.9. The predicted octanol–water partition coefficient (Wildman–Crippen LogP) is 3.28. The van der Waals surface area contributed by atoms with Gasteiger partial charge in [-0.05, 0) is 17.7 Å². The first kappa shape index (κ1) is 14.2.